The fourth-order valence-electron chi connectivity index (χ4n) is 4.44. The topological polar surface area (TPSA) is 44.2 Å². The molecule has 1 heterocycles. The van der Waals surface area contributed by atoms with Crippen molar-refractivity contribution in [2.24, 2.45) is 11.8 Å². The van der Waals surface area contributed by atoms with Gasteiger partial charge in [0.25, 0.3) is 5.19 Å². The first-order chi connectivity index (χ1) is 15.3. The van der Waals surface area contributed by atoms with Gasteiger partial charge in [-0.15, -0.1) is 5.10 Å². The first-order valence-electron chi connectivity index (χ1n) is 12.5. The molecule has 172 valence electrons. The summed E-state index contributed by atoms with van der Waals surface area (Å²) in [7, 11) is 0. The molecule has 31 heavy (non-hydrogen) atoms. The summed E-state index contributed by atoms with van der Waals surface area (Å²) in [6.45, 7) is 5.98. The highest BCUT2D eigenvalue weighted by Crippen LogP contribution is 2.34. The molecular formula is C26H40N2O2S. The molecule has 0 bridgehead atoms. The highest BCUT2D eigenvalue weighted by Gasteiger charge is 2.20. The number of benzene rings is 1. The van der Waals surface area contributed by atoms with Crippen LogP contribution in [0, 0.1) is 11.8 Å². The van der Waals surface area contributed by atoms with Crippen molar-refractivity contribution in [1.29, 1.82) is 0 Å². The van der Waals surface area contributed by atoms with Gasteiger partial charge in [-0.1, -0.05) is 88.1 Å². The standard InChI is InChI=1S/C26H40N2O2S/c1-3-5-7-9-21-11-13-22(14-12-21)10-8-20-30-26-28-27-25(31-26)23-15-17-24(18-16-23)29-19-6-4-2/h15-18,21-22H,3-14,19-20H2,1-2H3/t21-,22-. The average Bonchev–Trinajstić information content (AvgIpc) is 3.27. The van der Waals surface area contributed by atoms with Crippen molar-refractivity contribution in [2.75, 3.05) is 13.2 Å². The summed E-state index contributed by atoms with van der Waals surface area (Å²) in [5.41, 5.74) is 1.06. The summed E-state index contributed by atoms with van der Waals surface area (Å²) >= 11 is 1.52. The Balaban J connectivity index is 1.32. The van der Waals surface area contributed by atoms with E-state index in [4.69, 9.17) is 9.47 Å². The molecule has 1 fully saturated rings. The average molecular weight is 445 g/mol. The van der Waals surface area contributed by atoms with Crippen LogP contribution in [-0.2, 0) is 0 Å². The second kappa shape index (κ2) is 13.7. The largest absolute Gasteiger partial charge is 0.494 e. The number of ether oxygens (including phenoxy) is 2. The fourth-order valence-corrected chi connectivity index (χ4v) is 5.16. The van der Waals surface area contributed by atoms with E-state index in [-0.39, 0.29) is 0 Å². The Morgan fingerprint density at radius 1 is 0.774 bits per heavy atom. The summed E-state index contributed by atoms with van der Waals surface area (Å²) < 4.78 is 11.6. The Hall–Kier alpha value is -1.62. The lowest BCUT2D eigenvalue weighted by atomic mass is 9.78. The summed E-state index contributed by atoms with van der Waals surface area (Å²) in [6.07, 6.45) is 16.0. The van der Waals surface area contributed by atoms with Gasteiger partial charge in [-0.2, -0.15) is 0 Å². The zero-order valence-corrected chi connectivity index (χ0v) is 20.3. The van der Waals surface area contributed by atoms with E-state index in [9.17, 15) is 0 Å². The lowest BCUT2D eigenvalue weighted by Gasteiger charge is -2.28. The van der Waals surface area contributed by atoms with E-state index in [1.165, 1.54) is 69.1 Å². The van der Waals surface area contributed by atoms with Gasteiger partial charge in [-0.3, -0.25) is 0 Å². The molecule has 1 aromatic heterocycles. The van der Waals surface area contributed by atoms with Gasteiger partial charge in [-0.05, 0) is 55.4 Å². The molecule has 3 rings (SSSR count). The molecule has 0 aliphatic heterocycles. The molecule has 0 amide bonds. The Kier molecular flexibility index (Phi) is 10.6. The van der Waals surface area contributed by atoms with Gasteiger partial charge in [-0.25, -0.2) is 0 Å². The van der Waals surface area contributed by atoms with Crippen LogP contribution in [0.4, 0.5) is 0 Å². The monoisotopic (exact) mass is 444 g/mol. The Labute approximate surface area is 192 Å². The second-order valence-corrected chi connectivity index (χ2v) is 9.91. The predicted octanol–water partition coefficient (Wildman–Crippen LogP) is 7.93. The number of unbranched alkanes of at least 4 members (excludes halogenated alkanes) is 3. The molecule has 1 aliphatic carbocycles. The molecule has 4 nitrogen and oxygen atoms in total. The van der Waals surface area contributed by atoms with Crippen LogP contribution < -0.4 is 9.47 Å². The lowest BCUT2D eigenvalue weighted by molar-refractivity contribution is 0.227. The Morgan fingerprint density at radius 3 is 2.10 bits per heavy atom. The molecule has 0 spiro atoms. The molecule has 1 aromatic carbocycles. The van der Waals surface area contributed by atoms with Gasteiger partial charge >= 0.3 is 0 Å². The van der Waals surface area contributed by atoms with Gasteiger partial charge < -0.3 is 9.47 Å². The van der Waals surface area contributed by atoms with Gasteiger partial charge in [0.1, 0.15) is 5.75 Å². The van der Waals surface area contributed by atoms with Crippen LogP contribution in [0.1, 0.15) is 90.9 Å². The van der Waals surface area contributed by atoms with Crippen molar-refractivity contribution >= 4 is 11.3 Å². The van der Waals surface area contributed by atoms with E-state index >= 15 is 0 Å². The maximum atomic E-state index is 5.90. The molecule has 0 N–H and O–H groups in total. The van der Waals surface area contributed by atoms with Gasteiger partial charge in [0.2, 0.25) is 0 Å². The third kappa shape index (κ3) is 8.44. The van der Waals surface area contributed by atoms with Crippen LogP contribution in [0.15, 0.2) is 24.3 Å². The molecule has 0 radical (unpaired) electrons. The summed E-state index contributed by atoms with van der Waals surface area (Å²) in [5.74, 6) is 2.80. The minimum atomic E-state index is 0.679. The van der Waals surface area contributed by atoms with Gasteiger partial charge in [0, 0.05) is 5.56 Å². The molecule has 0 unspecified atom stereocenters. The Morgan fingerprint density at radius 2 is 1.42 bits per heavy atom. The van der Waals surface area contributed by atoms with Gasteiger partial charge in [0.05, 0.1) is 13.2 Å². The number of nitrogens with zero attached hydrogens (tertiary/aromatic N) is 2. The van der Waals surface area contributed by atoms with Crippen LogP contribution in [-0.4, -0.2) is 23.4 Å². The number of rotatable bonds is 14. The molecule has 0 saturated heterocycles. The molecule has 1 aliphatic rings. The molecule has 2 aromatic rings. The maximum absolute atomic E-state index is 5.90. The third-order valence-corrected chi connectivity index (χ3v) is 7.32. The molecule has 5 heteroatoms. The van der Waals surface area contributed by atoms with E-state index in [0.717, 1.165) is 60.6 Å². The normalized spacial score (nSPS) is 18.8. The molecular weight excluding hydrogens is 404 g/mol. The summed E-state index contributed by atoms with van der Waals surface area (Å²) in [5, 5.41) is 10.1. The first kappa shape index (κ1) is 24.0. The van der Waals surface area contributed by atoms with Crippen molar-refractivity contribution in [3.8, 4) is 21.5 Å². The highest BCUT2D eigenvalue weighted by atomic mass is 32.1. The second-order valence-electron chi connectivity index (χ2n) is 8.97. The van der Waals surface area contributed by atoms with Gasteiger partial charge in [0.15, 0.2) is 5.01 Å². The smallest absolute Gasteiger partial charge is 0.294 e. The maximum Gasteiger partial charge on any atom is 0.294 e. The predicted molar refractivity (Wildman–Crippen MR) is 130 cm³/mol. The first-order valence-corrected chi connectivity index (χ1v) is 13.3. The third-order valence-electron chi connectivity index (χ3n) is 6.44. The number of hydrogen-bond donors (Lipinski definition) is 0. The minimum absolute atomic E-state index is 0.679. The quantitative estimate of drug-likeness (QED) is 0.277. The van der Waals surface area contributed by atoms with Crippen LogP contribution in [0.3, 0.4) is 0 Å². The van der Waals surface area contributed by atoms with Crippen molar-refractivity contribution < 1.29 is 9.47 Å². The lowest BCUT2D eigenvalue weighted by Crippen LogP contribution is -2.15. The zero-order valence-electron chi connectivity index (χ0n) is 19.5. The van der Waals surface area contributed by atoms with E-state index in [1.54, 1.807) is 0 Å². The molecule has 1 saturated carbocycles. The van der Waals surface area contributed by atoms with Crippen LogP contribution in [0.2, 0.25) is 0 Å². The van der Waals surface area contributed by atoms with Crippen molar-refractivity contribution in [2.45, 2.75) is 90.9 Å². The van der Waals surface area contributed by atoms with Crippen molar-refractivity contribution in [3.63, 3.8) is 0 Å². The molecule has 0 atom stereocenters. The number of aromatic nitrogens is 2. The van der Waals surface area contributed by atoms with Crippen LogP contribution in [0.5, 0.6) is 10.9 Å². The zero-order chi connectivity index (χ0) is 21.7. The minimum Gasteiger partial charge on any atom is -0.494 e. The van der Waals surface area contributed by atoms with E-state index in [1.807, 2.05) is 24.3 Å². The number of hydrogen-bond acceptors (Lipinski definition) is 5. The summed E-state index contributed by atoms with van der Waals surface area (Å²) in [6, 6.07) is 8.10. The fraction of sp³-hybridized carbons (Fsp3) is 0.692. The Bertz CT molecular complexity index is 723. The van der Waals surface area contributed by atoms with Crippen molar-refractivity contribution in [1.82, 2.24) is 10.2 Å². The van der Waals surface area contributed by atoms with E-state index < -0.39 is 0 Å². The van der Waals surface area contributed by atoms with E-state index in [0.29, 0.717) is 5.19 Å². The van der Waals surface area contributed by atoms with Crippen molar-refractivity contribution in [3.05, 3.63) is 24.3 Å². The van der Waals surface area contributed by atoms with Crippen LogP contribution in [0.25, 0.3) is 10.6 Å². The highest BCUT2D eigenvalue weighted by molar-refractivity contribution is 7.16. The SMILES string of the molecule is CCCCC[C@H]1CC[C@H](CCCOc2nnc(-c3ccc(OCCCC)cc3)s2)CC1. The van der Waals surface area contributed by atoms with Crippen LogP contribution >= 0.6 is 11.3 Å². The van der Waals surface area contributed by atoms with E-state index in [2.05, 4.69) is 24.0 Å². The summed E-state index contributed by atoms with van der Waals surface area (Å²) in [4.78, 5) is 0.